The van der Waals surface area contributed by atoms with Crippen molar-refractivity contribution < 1.29 is 22.6 Å². The third kappa shape index (κ3) is 9.96. The molecule has 0 radical (unpaired) electrons. The maximum atomic E-state index is 11.8. The van der Waals surface area contributed by atoms with E-state index in [4.69, 9.17) is 9.47 Å². The molecule has 0 aromatic carbocycles. The first-order chi connectivity index (χ1) is 6.99. The van der Waals surface area contributed by atoms with E-state index < -0.39 is 12.6 Å². The molecule has 0 bridgehead atoms. The number of rotatable bonds is 8. The van der Waals surface area contributed by atoms with Crippen LogP contribution < -0.4 is 5.32 Å². The van der Waals surface area contributed by atoms with E-state index in [0.29, 0.717) is 13.2 Å². The molecule has 0 heterocycles. The van der Waals surface area contributed by atoms with Gasteiger partial charge in [-0.1, -0.05) is 0 Å². The second-order valence-corrected chi connectivity index (χ2v) is 3.22. The predicted octanol–water partition coefficient (Wildman–Crippen LogP) is 1.58. The van der Waals surface area contributed by atoms with Gasteiger partial charge in [0, 0.05) is 26.7 Å². The van der Waals surface area contributed by atoms with E-state index in [-0.39, 0.29) is 19.1 Å². The molecule has 0 rings (SSSR count). The predicted molar refractivity (Wildman–Crippen MR) is 50.8 cm³/mol. The Morgan fingerprint density at radius 1 is 1.33 bits per heavy atom. The summed E-state index contributed by atoms with van der Waals surface area (Å²) in [6.45, 7) is 1.06. The van der Waals surface area contributed by atoms with Crippen molar-refractivity contribution in [2.24, 2.45) is 0 Å². The van der Waals surface area contributed by atoms with Crippen LogP contribution in [0.2, 0.25) is 0 Å². The van der Waals surface area contributed by atoms with Crippen molar-refractivity contribution in [3.05, 3.63) is 0 Å². The molecule has 15 heavy (non-hydrogen) atoms. The number of nitrogens with one attached hydrogen (secondary N) is 1. The van der Waals surface area contributed by atoms with E-state index in [1.54, 1.807) is 7.05 Å². The summed E-state index contributed by atoms with van der Waals surface area (Å²) in [4.78, 5) is 0. The molecule has 1 unspecified atom stereocenters. The van der Waals surface area contributed by atoms with Gasteiger partial charge in [-0.05, 0) is 13.5 Å². The summed E-state index contributed by atoms with van der Waals surface area (Å²) in [5.41, 5.74) is 0. The molecular weight excluding hydrogens is 211 g/mol. The molecule has 0 aromatic rings. The summed E-state index contributed by atoms with van der Waals surface area (Å²) in [5, 5.41) is 2.88. The third-order valence-electron chi connectivity index (χ3n) is 1.74. The number of likely N-dealkylation sites (N-methyl/N-ethyl adjacent to an activating group) is 1. The van der Waals surface area contributed by atoms with E-state index in [2.05, 4.69) is 5.32 Å². The molecule has 0 fully saturated rings. The fraction of sp³-hybridized carbons (Fsp3) is 1.00. The number of methoxy groups -OCH3 is 1. The lowest BCUT2D eigenvalue weighted by Crippen LogP contribution is -2.31. The van der Waals surface area contributed by atoms with Gasteiger partial charge < -0.3 is 14.8 Å². The molecule has 92 valence electrons. The molecule has 3 nitrogen and oxygen atoms in total. The smallest absolute Gasteiger partial charge is 0.382 e. The monoisotopic (exact) mass is 229 g/mol. The molecule has 0 spiro atoms. The van der Waals surface area contributed by atoms with Gasteiger partial charge >= 0.3 is 6.18 Å². The van der Waals surface area contributed by atoms with Crippen LogP contribution in [0.5, 0.6) is 0 Å². The Bertz CT molecular complexity index is 147. The van der Waals surface area contributed by atoms with Gasteiger partial charge in [0.2, 0.25) is 0 Å². The molecular formula is C9H18F3NO2. The van der Waals surface area contributed by atoms with Crippen LogP contribution in [-0.4, -0.2) is 46.2 Å². The summed E-state index contributed by atoms with van der Waals surface area (Å²) < 4.78 is 45.4. The minimum absolute atomic E-state index is 0.00652. The van der Waals surface area contributed by atoms with E-state index in [9.17, 15) is 13.2 Å². The minimum Gasteiger partial charge on any atom is -0.382 e. The Kier molecular flexibility index (Phi) is 7.72. The van der Waals surface area contributed by atoms with E-state index in [1.807, 2.05) is 0 Å². The van der Waals surface area contributed by atoms with Crippen LogP contribution in [0.4, 0.5) is 13.2 Å². The van der Waals surface area contributed by atoms with Crippen molar-refractivity contribution in [2.75, 3.05) is 33.9 Å². The van der Waals surface area contributed by atoms with Crippen LogP contribution in [-0.2, 0) is 9.47 Å². The summed E-state index contributed by atoms with van der Waals surface area (Å²) in [7, 11) is 3.28. The average molecular weight is 229 g/mol. The molecule has 0 saturated carbocycles. The van der Waals surface area contributed by atoms with Crippen LogP contribution in [0, 0.1) is 0 Å². The van der Waals surface area contributed by atoms with Crippen molar-refractivity contribution in [3.63, 3.8) is 0 Å². The number of hydrogen-bond acceptors (Lipinski definition) is 3. The second kappa shape index (κ2) is 7.90. The van der Waals surface area contributed by atoms with Crippen LogP contribution in [0.1, 0.15) is 12.8 Å². The molecule has 0 aliphatic heterocycles. The zero-order valence-electron chi connectivity index (χ0n) is 9.06. The maximum Gasteiger partial charge on any atom is 0.389 e. The Balaban J connectivity index is 3.52. The summed E-state index contributed by atoms with van der Waals surface area (Å²) in [5.74, 6) is 0. The largest absolute Gasteiger partial charge is 0.389 e. The van der Waals surface area contributed by atoms with Crippen molar-refractivity contribution in [3.8, 4) is 0 Å². The molecule has 0 saturated heterocycles. The molecule has 0 aliphatic rings. The first-order valence-electron chi connectivity index (χ1n) is 4.81. The highest BCUT2D eigenvalue weighted by Gasteiger charge is 2.26. The maximum absolute atomic E-state index is 11.8. The molecule has 0 aromatic heterocycles. The van der Waals surface area contributed by atoms with Gasteiger partial charge in [0.05, 0.1) is 12.7 Å². The Labute approximate surface area is 87.9 Å². The van der Waals surface area contributed by atoms with Crippen molar-refractivity contribution in [1.82, 2.24) is 5.32 Å². The van der Waals surface area contributed by atoms with Crippen LogP contribution >= 0.6 is 0 Å². The number of halogens is 3. The lowest BCUT2D eigenvalue weighted by molar-refractivity contribution is -0.139. The van der Waals surface area contributed by atoms with Crippen molar-refractivity contribution in [1.29, 1.82) is 0 Å². The SMILES string of the molecule is CNCC(COC)OCCCC(F)(F)F. The number of hydrogen-bond donors (Lipinski definition) is 1. The highest BCUT2D eigenvalue weighted by atomic mass is 19.4. The summed E-state index contributed by atoms with van der Waals surface area (Å²) in [6.07, 6.45) is -5.09. The normalized spacial score (nSPS) is 14.2. The second-order valence-electron chi connectivity index (χ2n) is 3.22. The van der Waals surface area contributed by atoms with Gasteiger partial charge in [0.25, 0.3) is 0 Å². The third-order valence-corrected chi connectivity index (χ3v) is 1.74. The molecule has 0 amide bonds. The highest BCUT2D eigenvalue weighted by Crippen LogP contribution is 2.21. The van der Waals surface area contributed by atoms with Crippen LogP contribution in [0.3, 0.4) is 0 Å². The van der Waals surface area contributed by atoms with Crippen LogP contribution in [0.15, 0.2) is 0 Å². The first kappa shape index (κ1) is 14.7. The van der Waals surface area contributed by atoms with Crippen LogP contribution in [0.25, 0.3) is 0 Å². The first-order valence-corrected chi connectivity index (χ1v) is 4.81. The standard InChI is InChI=1S/C9H18F3NO2/c1-13-6-8(7-14-2)15-5-3-4-9(10,11)12/h8,13H,3-7H2,1-2H3. The Morgan fingerprint density at radius 2 is 2.00 bits per heavy atom. The number of ether oxygens (including phenoxy) is 2. The Morgan fingerprint density at radius 3 is 2.47 bits per heavy atom. The average Bonchev–Trinajstić information content (AvgIpc) is 2.11. The zero-order valence-corrected chi connectivity index (χ0v) is 9.06. The molecule has 1 atom stereocenters. The zero-order chi connectivity index (χ0) is 11.7. The van der Waals surface area contributed by atoms with Gasteiger partial charge in [0.1, 0.15) is 0 Å². The van der Waals surface area contributed by atoms with Gasteiger partial charge in [0.15, 0.2) is 0 Å². The molecule has 6 heteroatoms. The van der Waals surface area contributed by atoms with Gasteiger partial charge in [-0.25, -0.2) is 0 Å². The fourth-order valence-electron chi connectivity index (χ4n) is 1.10. The Hall–Kier alpha value is -0.330. The lowest BCUT2D eigenvalue weighted by atomic mass is 10.3. The summed E-state index contributed by atoms with van der Waals surface area (Å²) in [6, 6.07) is 0. The number of alkyl halides is 3. The van der Waals surface area contributed by atoms with E-state index in [0.717, 1.165) is 0 Å². The highest BCUT2D eigenvalue weighted by molar-refractivity contribution is 4.59. The fourth-order valence-corrected chi connectivity index (χ4v) is 1.10. The van der Waals surface area contributed by atoms with Crippen molar-refractivity contribution in [2.45, 2.75) is 25.1 Å². The topological polar surface area (TPSA) is 30.5 Å². The lowest BCUT2D eigenvalue weighted by Gasteiger charge is -2.16. The minimum atomic E-state index is -4.09. The molecule has 1 N–H and O–H groups in total. The van der Waals surface area contributed by atoms with Gasteiger partial charge in [-0.15, -0.1) is 0 Å². The van der Waals surface area contributed by atoms with Gasteiger partial charge in [-0.2, -0.15) is 13.2 Å². The van der Waals surface area contributed by atoms with Crippen molar-refractivity contribution >= 4 is 0 Å². The quantitative estimate of drug-likeness (QED) is 0.641. The molecule has 0 aliphatic carbocycles. The summed E-state index contributed by atoms with van der Waals surface area (Å²) >= 11 is 0. The van der Waals surface area contributed by atoms with Gasteiger partial charge in [-0.3, -0.25) is 0 Å². The van der Waals surface area contributed by atoms with E-state index in [1.165, 1.54) is 7.11 Å². The van der Waals surface area contributed by atoms with E-state index >= 15 is 0 Å².